The third-order valence-electron chi connectivity index (χ3n) is 2.12. The highest BCUT2D eigenvalue weighted by atomic mass is 16.2. The zero-order chi connectivity index (χ0) is 8.43. The van der Waals surface area contributed by atoms with Crippen LogP contribution in [0.1, 0.15) is 12.8 Å². The molecule has 2 nitrogen and oxygen atoms in total. The van der Waals surface area contributed by atoms with E-state index in [4.69, 9.17) is 0 Å². The fourth-order valence-corrected chi connectivity index (χ4v) is 1.25. The van der Waals surface area contributed by atoms with Crippen molar-refractivity contribution < 1.29 is 4.79 Å². The van der Waals surface area contributed by atoms with Crippen LogP contribution in [0.15, 0.2) is 11.7 Å². The van der Waals surface area contributed by atoms with Crippen molar-refractivity contribution in [2.45, 2.75) is 26.5 Å². The van der Waals surface area contributed by atoms with E-state index < -0.39 is 0 Å². The molecular formula is C8H14BNO. The van der Waals surface area contributed by atoms with Crippen molar-refractivity contribution in [1.29, 1.82) is 0 Å². The minimum atomic E-state index is 0.231. The summed E-state index contributed by atoms with van der Waals surface area (Å²) in [5, 5.41) is 0. The Bertz CT molecular complexity index is 198. The lowest BCUT2D eigenvalue weighted by atomic mass is 9.47. The van der Waals surface area contributed by atoms with Crippen molar-refractivity contribution >= 4 is 12.6 Å². The molecule has 1 aliphatic heterocycles. The fourth-order valence-electron chi connectivity index (χ4n) is 1.25. The standard InChI is InChI=1S/C8H14BNO/c1-9(2)7-4-5-8(11)10(3)6-7/h6H,4-5H2,1-3H3. The van der Waals surface area contributed by atoms with E-state index >= 15 is 0 Å². The van der Waals surface area contributed by atoms with Gasteiger partial charge < -0.3 is 4.90 Å². The Morgan fingerprint density at radius 3 is 2.55 bits per heavy atom. The van der Waals surface area contributed by atoms with Gasteiger partial charge in [0.2, 0.25) is 5.91 Å². The van der Waals surface area contributed by atoms with Crippen LogP contribution in [-0.2, 0) is 4.79 Å². The molecule has 0 N–H and O–H groups in total. The molecule has 3 heteroatoms. The lowest BCUT2D eigenvalue weighted by Gasteiger charge is -2.22. The summed E-state index contributed by atoms with van der Waals surface area (Å²) in [5.74, 6) is 0.231. The molecule has 0 aromatic carbocycles. The van der Waals surface area contributed by atoms with Gasteiger partial charge in [-0.2, -0.15) is 0 Å². The van der Waals surface area contributed by atoms with Crippen LogP contribution in [0.4, 0.5) is 0 Å². The van der Waals surface area contributed by atoms with Gasteiger partial charge in [-0.3, -0.25) is 4.79 Å². The van der Waals surface area contributed by atoms with Gasteiger partial charge >= 0.3 is 0 Å². The summed E-state index contributed by atoms with van der Waals surface area (Å²) in [6.45, 7) is 4.90. The molecule has 0 atom stereocenters. The van der Waals surface area contributed by atoms with Crippen molar-refractivity contribution in [2.24, 2.45) is 0 Å². The number of allylic oxidation sites excluding steroid dienone is 1. The number of rotatable bonds is 1. The molecule has 0 radical (unpaired) electrons. The number of carbonyl (C=O) groups is 1. The van der Waals surface area contributed by atoms with Gasteiger partial charge in [-0.15, -0.1) is 0 Å². The average Bonchev–Trinajstić information content (AvgIpc) is 1.94. The van der Waals surface area contributed by atoms with Crippen molar-refractivity contribution in [3.05, 3.63) is 11.7 Å². The SMILES string of the molecule is CB(C)C1=CN(C)C(=O)CC1. The van der Waals surface area contributed by atoms with E-state index in [9.17, 15) is 4.79 Å². The number of carbonyl (C=O) groups excluding carboxylic acids is 1. The van der Waals surface area contributed by atoms with Gasteiger partial charge in [0.1, 0.15) is 0 Å². The van der Waals surface area contributed by atoms with Crippen LogP contribution < -0.4 is 0 Å². The van der Waals surface area contributed by atoms with E-state index in [0.717, 1.165) is 6.42 Å². The molecule has 1 rings (SSSR count). The molecule has 0 fully saturated rings. The molecular weight excluding hydrogens is 137 g/mol. The van der Waals surface area contributed by atoms with Crippen LogP contribution in [0.25, 0.3) is 0 Å². The predicted molar refractivity (Wildman–Crippen MR) is 47.6 cm³/mol. The van der Waals surface area contributed by atoms with E-state index in [1.807, 2.05) is 13.2 Å². The third-order valence-corrected chi connectivity index (χ3v) is 2.12. The van der Waals surface area contributed by atoms with E-state index in [-0.39, 0.29) is 5.91 Å². The maximum Gasteiger partial charge on any atom is 0.226 e. The third kappa shape index (κ3) is 1.85. The molecule has 0 aliphatic carbocycles. The predicted octanol–water partition coefficient (Wildman–Crippen LogP) is 1.42. The van der Waals surface area contributed by atoms with Crippen molar-refractivity contribution in [3.63, 3.8) is 0 Å². The van der Waals surface area contributed by atoms with Gasteiger partial charge in [0.25, 0.3) is 0 Å². The smallest absolute Gasteiger partial charge is 0.226 e. The molecule has 1 amide bonds. The highest BCUT2D eigenvalue weighted by Gasteiger charge is 2.17. The number of hydrogen-bond donors (Lipinski definition) is 0. The molecule has 11 heavy (non-hydrogen) atoms. The number of hydrogen-bond acceptors (Lipinski definition) is 1. The molecule has 0 aromatic rings. The van der Waals surface area contributed by atoms with Crippen LogP contribution in [0, 0.1) is 0 Å². The van der Waals surface area contributed by atoms with Crippen molar-refractivity contribution in [2.75, 3.05) is 7.05 Å². The molecule has 0 aromatic heterocycles. The summed E-state index contributed by atoms with van der Waals surface area (Å²) < 4.78 is 0. The average molecular weight is 151 g/mol. The molecule has 60 valence electrons. The highest BCUT2D eigenvalue weighted by Crippen LogP contribution is 2.16. The largest absolute Gasteiger partial charge is 0.323 e. The summed E-state index contributed by atoms with van der Waals surface area (Å²) >= 11 is 0. The van der Waals surface area contributed by atoms with Crippen molar-refractivity contribution in [3.8, 4) is 0 Å². The topological polar surface area (TPSA) is 20.3 Å². The minimum absolute atomic E-state index is 0.231. The van der Waals surface area contributed by atoms with Crippen LogP contribution in [0.3, 0.4) is 0 Å². The van der Waals surface area contributed by atoms with Crippen LogP contribution in [0.2, 0.25) is 13.6 Å². The van der Waals surface area contributed by atoms with Gasteiger partial charge in [-0.25, -0.2) is 0 Å². The Labute approximate surface area is 68.3 Å². The maximum absolute atomic E-state index is 11.0. The lowest BCUT2D eigenvalue weighted by Crippen LogP contribution is -2.27. The summed E-state index contributed by atoms with van der Waals surface area (Å²) in [5.41, 5.74) is 1.38. The molecule has 0 saturated carbocycles. The monoisotopic (exact) mass is 151 g/mol. The van der Waals surface area contributed by atoms with E-state index in [2.05, 4.69) is 13.6 Å². The Kier molecular flexibility index (Phi) is 2.37. The van der Waals surface area contributed by atoms with Gasteiger partial charge in [0, 0.05) is 13.5 Å². The van der Waals surface area contributed by atoms with Crippen molar-refractivity contribution in [1.82, 2.24) is 4.90 Å². The Morgan fingerprint density at radius 2 is 2.09 bits per heavy atom. The van der Waals surface area contributed by atoms with E-state index in [1.165, 1.54) is 5.47 Å². The molecule has 0 saturated heterocycles. The Hall–Kier alpha value is -0.725. The van der Waals surface area contributed by atoms with Crippen LogP contribution in [0.5, 0.6) is 0 Å². The minimum Gasteiger partial charge on any atom is -0.323 e. The maximum atomic E-state index is 11.0. The van der Waals surface area contributed by atoms with E-state index in [0.29, 0.717) is 13.1 Å². The zero-order valence-corrected chi connectivity index (χ0v) is 7.42. The molecule has 0 spiro atoms. The van der Waals surface area contributed by atoms with Gasteiger partial charge in [-0.05, 0) is 12.6 Å². The zero-order valence-electron chi connectivity index (χ0n) is 7.42. The normalized spacial score (nSPS) is 18.3. The van der Waals surface area contributed by atoms with Crippen LogP contribution >= 0.6 is 0 Å². The van der Waals surface area contributed by atoms with E-state index in [1.54, 1.807) is 4.90 Å². The Balaban J connectivity index is 2.71. The molecule has 1 heterocycles. The van der Waals surface area contributed by atoms with Gasteiger partial charge in [-0.1, -0.05) is 19.1 Å². The molecule has 0 bridgehead atoms. The summed E-state index contributed by atoms with van der Waals surface area (Å²) in [7, 11) is 1.82. The van der Waals surface area contributed by atoms with Gasteiger partial charge in [0.15, 0.2) is 6.71 Å². The first-order valence-corrected chi connectivity index (χ1v) is 4.07. The quantitative estimate of drug-likeness (QED) is 0.519. The summed E-state index contributed by atoms with van der Waals surface area (Å²) in [4.78, 5) is 12.7. The second kappa shape index (κ2) is 3.12. The fraction of sp³-hybridized carbons (Fsp3) is 0.625. The molecule has 0 unspecified atom stereocenters. The molecule has 1 aliphatic rings. The first kappa shape index (κ1) is 8.37. The first-order valence-electron chi connectivity index (χ1n) is 4.07. The van der Waals surface area contributed by atoms with Gasteiger partial charge in [0.05, 0.1) is 0 Å². The highest BCUT2D eigenvalue weighted by molar-refractivity contribution is 6.64. The summed E-state index contributed by atoms with van der Waals surface area (Å²) in [6, 6.07) is 0. The number of amides is 1. The second-order valence-electron chi connectivity index (χ2n) is 3.36. The second-order valence-corrected chi connectivity index (χ2v) is 3.36. The van der Waals surface area contributed by atoms with Crippen LogP contribution in [-0.4, -0.2) is 24.6 Å². The number of nitrogens with zero attached hydrogens (tertiary/aromatic N) is 1. The first-order chi connectivity index (χ1) is 5.11. The Morgan fingerprint density at radius 1 is 1.45 bits per heavy atom. The summed E-state index contributed by atoms with van der Waals surface area (Å²) in [6.07, 6.45) is 3.60. The lowest BCUT2D eigenvalue weighted by molar-refractivity contribution is -0.128.